The van der Waals surface area contributed by atoms with Crippen LogP contribution in [-0.4, -0.2) is 24.5 Å². The van der Waals surface area contributed by atoms with Gasteiger partial charge in [0.15, 0.2) is 5.16 Å². The van der Waals surface area contributed by atoms with E-state index in [1.165, 1.54) is 12.8 Å². The first-order chi connectivity index (χ1) is 16.8. The highest BCUT2D eigenvalue weighted by Crippen LogP contribution is 2.41. The summed E-state index contributed by atoms with van der Waals surface area (Å²) >= 11 is 7.83. The van der Waals surface area contributed by atoms with Gasteiger partial charge < -0.3 is 0 Å². The molecule has 0 aliphatic heterocycles. The molecule has 1 saturated carbocycles. The van der Waals surface area contributed by atoms with E-state index in [-0.39, 0.29) is 0 Å². The molecule has 0 atom stereocenters. The van der Waals surface area contributed by atoms with Gasteiger partial charge in [-0.2, -0.15) is 5.10 Å². The number of rotatable bonds is 7. The van der Waals surface area contributed by atoms with E-state index in [0.29, 0.717) is 10.9 Å². The van der Waals surface area contributed by atoms with Crippen LogP contribution in [0.1, 0.15) is 30.1 Å². The molecule has 2 heterocycles. The molecule has 168 valence electrons. The molecule has 0 spiro atoms. The molecular weight excluding hydrogens is 462 g/mol. The van der Waals surface area contributed by atoms with E-state index in [9.17, 15) is 0 Å². The van der Waals surface area contributed by atoms with Gasteiger partial charge in [-0.05, 0) is 49.2 Å². The standard InChI is InChI=1S/C27H22ClN5S/c28-22-15-13-19(14-16-22)25-21(17-32(31-25)23-7-3-1-4-8-23)18-34-27-30-29-26(20-11-12-20)33(27)24-9-5-2-6-10-24/h1-10,13-17,20H,11-12,18H2. The minimum Gasteiger partial charge on any atom is -0.274 e. The molecule has 34 heavy (non-hydrogen) atoms. The van der Waals surface area contributed by atoms with Crippen molar-refractivity contribution in [2.24, 2.45) is 0 Å². The van der Waals surface area contributed by atoms with Crippen LogP contribution < -0.4 is 0 Å². The zero-order valence-electron chi connectivity index (χ0n) is 18.4. The second kappa shape index (κ2) is 9.12. The van der Waals surface area contributed by atoms with E-state index in [0.717, 1.165) is 44.9 Å². The molecule has 1 aliphatic rings. The van der Waals surface area contributed by atoms with Crippen LogP contribution in [-0.2, 0) is 5.75 Å². The molecule has 1 fully saturated rings. The minimum atomic E-state index is 0.507. The number of para-hydroxylation sites is 2. The van der Waals surface area contributed by atoms with E-state index in [1.807, 2.05) is 53.2 Å². The molecule has 5 nitrogen and oxygen atoms in total. The second-order valence-corrected chi connectivity index (χ2v) is 9.74. The first kappa shape index (κ1) is 21.2. The molecule has 5 aromatic rings. The minimum absolute atomic E-state index is 0.507. The summed E-state index contributed by atoms with van der Waals surface area (Å²) in [4.78, 5) is 0. The summed E-state index contributed by atoms with van der Waals surface area (Å²) in [5.41, 5.74) is 5.25. The van der Waals surface area contributed by atoms with Gasteiger partial charge in [0.1, 0.15) is 5.82 Å². The average Bonchev–Trinajstić information content (AvgIpc) is 3.50. The maximum absolute atomic E-state index is 6.14. The van der Waals surface area contributed by atoms with Crippen molar-refractivity contribution in [2.45, 2.75) is 29.7 Å². The van der Waals surface area contributed by atoms with Gasteiger partial charge >= 0.3 is 0 Å². The average molecular weight is 484 g/mol. The van der Waals surface area contributed by atoms with Crippen LogP contribution >= 0.6 is 23.4 Å². The third-order valence-electron chi connectivity index (χ3n) is 5.90. The lowest BCUT2D eigenvalue weighted by molar-refractivity contribution is 0.829. The number of nitrogens with zero attached hydrogens (tertiary/aromatic N) is 5. The Kier molecular flexibility index (Phi) is 5.69. The van der Waals surface area contributed by atoms with E-state index in [4.69, 9.17) is 16.7 Å². The van der Waals surface area contributed by atoms with E-state index >= 15 is 0 Å². The van der Waals surface area contributed by atoms with Crippen molar-refractivity contribution in [3.8, 4) is 22.6 Å². The molecular formula is C27H22ClN5S. The molecule has 0 radical (unpaired) electrons. The van der Waals surface area contributed by atoms with Gasteiger partial charge in [0.2, 0.25) is 0 Å². The van der Waals surface area contributed by atoms with Gasteiger partial charge in [-0.1, -0.05) is 71.9 Å². The Labute approximate surface area is 207 Å². The molecule has 0 bridgehead atoms. The highest BCUT2D eigenvalue weighted by Gasteiger charge is 2.31. The predicted octanol–water partition coefficient (Wildman–Crippen LogP) is 6.94. The van der Waals surface area contributed by atoms with Crippen molar-refractivity contribution in [1.82, 2.24) is 24.5 Å². The third-order valence-corrected chi connectivity index (χ3v) is 7.13. The summed E-state index contributed by atoms with van der Waals surface area (Å²) in [7, 11) is 0. The third kappa shape index (κ3) is 4.27. The number of benzene rings is 3. The fraction of sp³-hybridized carbons (Fsp3) is 0.148. The molecule has 0 amide bonds. The Morgan fingerprint density at radius 3 is 2.18 bits per heavy atom. The van der Waals surface area contributed by atoms with E-state index in [2.05, 4.69) is 57.4 Å². The maximum atomic E-state index is 6.14. The van der Waals surface area contributed by atoms with Gasteiger partial charge in [-0.3, -0.25) is 4.57 Å². The lowest BCUT2D eigenvalue weighted by Gasteiger charge is -2.09. The summed E-state index contributed by atoms with van der Waals surface area (Å²) in [6, 6.07) is 28.4. The van der Waals surface area contributed by atoms with Crippen molar-refractivity contribution >= 4 is 23.4 Å². The zero-order chi connectivity index (χ0) is 22.9. The van der Waals surface area contributed by atoms with Crippen LogP contribution in [0.25, 0.3) is 22.6 Å². The largest absolute Gasteiger partial charge is 0.274 e. The smallest absolute Gasteiger partial charge is 0.196 e. The van der Waals surface area contributed by atoms with Crippen LogP contribution in [0.5, 0.6) is 0 Å². The van der Waals surface area contributed by atoms with E-state index < -0.39 is 0 Å². The molecule has 0 unspecified atom stereocenters. The topological polar surface area (TPSA) is 48.5 Å². The molecule has 0 saturated heterocycles. The Morgan fingerprint density at radius 2 is 1.50 bits per heavy atom. The van der Waals surface area contributed by atoms with Crippen LogP contribution in [0.3, 0.4) is 0 Å². The number of hydrogen-bond donors (Lipinski definition) is 0. The molecule has 2 aromatic heterocycles. The van der Waals surface area contributed by atoms with Crippen LogP contribution in [0.4, 0.5) is 0 Å². The van der Waals surface area contributed by atoms with E-state index in [1.54, 1.807) is 11.8 Å². The van der Waals surface area contributed by atoms with Crippen molar-refractivity contribution in [2.75, 3.05) is 0 Å². The van der Waals surface area contributed by atoms with Gasteiger partial charge in [-0.25, -0.2) is 4.68 Å². The Morgan fingerprint density at radius 1 is 0.824 bits per heavy atom. The van der Waals surface area contributed by atoms with Gasteiger partial charge in [0.05, 0.1) is 11.4 Å². The second-order valence-electron chi connectivity index (χ2n) is 8.36. The Bertz CT molecular complexity index is 1410. The zero-order valence-corrected chi connectivity index (χ0v) is 20.0. The monoisotopic (exact) mass is 483 g/mol. The lowest BCUT2D eigenvalue weighted by atomic mass is 10.1. The number of hydrogen-bond acceptors (Lipinski definition) is 4. The summed E-state index contributed by atoms with van der Waals surface area (Å²) in [6.45, 7) is 0. The fourth-order valence-electron chi connectivity index (χ4n) is 4.02. The first-order valence-electron chi connectivity index (χ1n) is 11.3. The summed E-state index contributed by atoms with van der Waals surface area (Å²) in [5, 5.41) is 15.7. The van der Waals surface area contributed by atoms with Crippen LogP contribution in [0, 0.1) is 0 Å². The SMILES string of the molecule is Clc1ccc(-c2nn(-c3ccccc3)cc2CSc2nnc(C3CC3)n2-c2ccccc2)cc1. The highest BCUT2D eigenvalue weighted by atomic mass is 35.5. The fourth-order valence-corrected chi connectivity index (χ4v) is 5.07. The van der Waals surface area contributed by atoms with Gasteiger partial charge in [-0.15, -0.1) is 10.2 Å². The molecule has 1 aliphatic carbocycles. The quantitative estimate of drug-likeness (QED) is 0.235. The van der Waals surface area contributed by atoms with Gasteiger partial charge in [0.25, 0.3) is 0 Å². The molecule has 7 heteroatoms. The Balaban J connectivity index is 1.36. The van der Waals surface area contributed by atoms with Crippen LogP contribution in [0.2, 0.25) is 5.02 Å². The van der Waals surface area contributed by atoms with Crippen molar-refractivity contribution < 1.29 is 0 Å². The predicted molar refractivity (Wildman–Crippen MR) is 137 cm³/mol. The van der Waals surface area contributed by atoms with Crippen molar-refractivity contribution in [3.63, 3.8) is 0 Å². The maximum Gasteiger partial charge on any atom is 0.196 e. The number of aromatic nitrogens is 5. The molecule has 6 rings (SSSR count). The summed E-state index contributed by atoms with van der Waals surface area (Å²) in [5.74, 6) is 2.29. The number of halogens is 1. The van der Waals surface area contributed by atoms with Crippen molar-refractivity contribution in [3.05, 3.63) is 108 Å². The van der Waals surface area contributed by atoms with Crippen molar-refractivity contribution in [1.29, 1.82) is 0 Å². The summed E-state index contributed by atoms with van der Waals surface area (Å²) in [6.07, 6.45) is 4.47. The lowest BCUT2D eigenvalue weighted by Crippen LogP contribution is -2.01. The van der Waals surface area contributed by atoms with Crippen LogP contribution in [0.15, 0.2) is 96.3 Å². The molecule has 0 N–H and O–H groups in total. The number of thioether (sulfide) groups is 1. The Hall–Kier alpha value is -3.35. The highest BCUT2D eigenvalue weighted by molar-refractivity contribution is 7.98. The van der Waals surface area contributed by atoms with Gasteiger partial charge in [0, 0.05) is 39.7 Å². The summed E-state index contributed by atoms with van der Waals surface area (Å²) < 4.78 is 4.16. The normalized spacial score (nSPS) is 13.3. The first-order valence-corrected chi connectivity index (χ1v) is 12.7. The molecule has 3 aromatic carbocycles.